The molecule has 0 saturated carbocycles. The lowest BCUT2D eigenvalue weighted by molar-refractivity contribution is -0.126. The first-order valence-corrected chi connectivity index (χ1v) is 5.56. The third-order valence-electron chi connectivity index (χ3n) is 2.61. The van der Waals surface area contributed by atoms with Gasteiger partial charge in [-0.3, -0.25) is 10.2 Å². The van der Waals surface area contributed by atoms with Crippen LogP contribution in [-0.2, 0) is 4.79 Å². The summed E-state index contributed by atoms with van der Waals surface area (Å²) in [5, 5.41) is 1.99. The number of piperazine rings is 1. The monoisotopic (exact) mass is 214 g/mol. The molecule has 0 aromatic heterocycles. The van der Waals surface area contributed by atoms with Gasteiger partial charge < -0.3 is 10.6 Å². The molecule has 1 aliphatic rings. The predicted molar refractivity (Wildman–Crippen MR) is 60.1 cm³/mol. The van der Waals surface area contributed by atoms with Crippen molar-refractivity contribution in [3.63, 3.8) is 0 Å². The minimum absolute atomic E-state index is 0.0804. The molecular weight excluding hydrogens is 192 g/mol. The van der Waals surface area contributed by atoms with Gasteiger partial charge in [0.15, 0.2) is 0 Å². The van der Waals surface area contributed by atoms with Crippen molar-refractivity contribution in [1.29, 1.82) is 0 Å². The average molecular weight is 214 g/mol. The van der Waals surface area contributed by atoms with Crippen molar-refractivity contribution in [1.82, 2.24) is 15.3 Å². The van der Waals surface area contributed by atoms with E-state index in [9.17, 15) is 4.79 Å². The zero-order valence-electron chi connectivity index (χ0n) is 9.70. The number of nitrogens with zero attached hydrogens (tertiary/aromatic N) is 2. The Labute approximate surface area is 91.6 Å². The molecule has 0 radical (unpaired) electrons. The summed E-state index contributed by atoms with van der Waals surface area (Å²) in [6.45, 7) is 5.74. The highest BCUT2D eigenvalue weighted by Crippen LogP contribution is 1.98. The van der Waals surface area contributed by atoms with Crippen molar-refractivity contribution in [2.75, 3.05) is 33.2 Å². The highest BCUT2D eigenvalue weighted by atomic mass is 16.2. The first-order valence-electron chi connectivity index (χ1n) is 5.56. The summed E-state index contributed by atoms with van der Waals surface area (Å²) in [6, 6.07) is 0.100. The summed E-state index contributed by atoms with van der Waals surface area (Å²) in [5.74, 6) is 0.0804. The Morgan fingerprint density at radius 3 is 2.53 bits per heavy atom. The van der Waals surface area contributed by atoms with Gasteiger partial charge in [0.2, 0.25) is 5.91 Å². The molecule has 1 saturated heterocycles. The van der Waals surface area contributed by atoms with E-state index in [2.05, 4.69) is 17.4 Å². The Hall–Kier alpha value is -0.650. The van der Waals surface area contributed by atoms with Crippen LogP contribution in [0.4, 0.5) is 0 Å². The average Bonchev–Trinajstić information content (AvgIpc) is 2.19. The summed E-state index contributed by atoms with van der Waals surface area (Å²) in [6.07, 6.45) is 1.27. The molecule has 1 fully saturated rings. The van der Waals surface area contributed by atoms with Gasteiger partial charge in [0.1, 0.15) is 0 Å². The zero-order valence-corrected chi connectivity index (χ0v) is 9.70. The predicted octanol–water partition coefficient (Wildman–Crippen LogP) is -0.608. The van der Waals surface area contributed by atoms with Gasteiger partial charge in [-0.2, -0.15) is 0 Å². The maximum Gasteiger partial charge on any atom is 0.234 e. The zero-order chi connectivity index (χ0) is 11.3. The van der Waals surface area contributed by atoms with Crippen LogP contribution in [0.1, 0.15) is 19.8 Å². The fourth-order valence-electron chi connectivity index (χ4n) is 1.51. The summed E-state index contributed by atoms with van der Waals surface area (Å²) < 4.78 is 0. The lowest BCUT2D eigenvalue weighted by Gasteiger charge is -2.32. The lowest BCUT2D eigenvalue weighted by Crippen LogP contribution is -2.52. The number of rotatable bonds is 4. The van der Waals surface area contributed by atoms with E-state index in [4.69, 9.17) is 5.73 Å². The quantitative estimate of drug-likeness (QED) is 0.655. The van der Waals surface area contributed by atoms with Gasteiger partial charge in [0.25, 0.3) is 0 Å². The van der Waals surface area contributed by atoms with E-state index >= 15 is 0 Å². The molecule has 0 aromatic rings. The van der Waals surface area contributed by atoms with Gasteiger partial charge in [-0.15, -0.1) is 0 Å². The van der Waals surface area contributed by atoms with Crippen molar-refractivity contribution < 1.29 is 4.79 Å². The summed E-state index contributed by atoms with van der Waals surface area (Å²) in [7, 11) is 2.09. The third kappa shape index (κ3) is 5.11. The minimum atomic E-state index is 0.0804. The molecule has 0 spiro atoms. The Morgan fingerprint density at radius 1 is 1.40 bits per heavy atom. The van der Waals surface area contributed by atoms with Gasteiger partial charge in [0, 0.05) is 38.6 Å². The minimum Gasteiger partial charge on any atom is -0.328 e. The van der Waals surface area contributed by atoms with E-state index < -0.39 is 0 Å². The first-order chi connectivity index (χ1) is 7.08. The SMILES string of the molecule is CC(N)CCC(=O)NN1CCN(C)CC1. The van der Waals surface area contributed by atoms with E-state index in [0.717, 1.165) is 32.6 Å². The number of nitrogens with one attached hydrogen (secondary N) is 1. The fourth-order valence-corrected chi connectivity index (χ4v) is 1.51. The Morgan fingerprint density at radius 2 is 2.00 bits per heavy atom. The number of nitrogens with two attached hydrogens (primary N) is 1. The molecule has 0 aliphatic carbocycles. The Balaban J connectivity index is 2.15. The number of carbonyl (C=O) groups excluding carboxylic acids is 1. The summed E-state index contributed by atoms with van der Waals surface area (Å²) >= 11 is 0. The van der Waals surface area contributed by atoms with E-state index in [1.807, 2.05) is 11.9 Å². The van der Waals surface area contributed by atoms with Crippen LogP contribution >= 0.6 is 0 Å². The molecule has 15 heavy (non-hydrogen) atoms. The molecule has 88 valence electrons. The maximum absolute atomic E-state index is 11.5. The highest BCUT2D eigenvalue weighted by molar-refractivity contribution is 5.75. The van der Waals surface area contributed by atoms with Crippen LogP contribution in [0.25, 0.3) is 0 Å². The standard InChI is InChI=1S/C10H22N4O/c1-9(11)3-4-10(15)12-14-7-5-13(2)6-8-14/h9H,3-8,11H2,1-2H3,(H,12,15). The molecule has 1 heterocycles. The topological polar surface area (TPSA) is 61.6 Å². The largest absolute Gasteiger partial charge is 0.328 e. The van der Waals surface area contributed by atoms with Crippen LogP contribution in [0.15, 0.2) is 0 Å². The van der Waals surface area contributed by atoms with Crippen molar-refractivity contribution in [2.24, 2.45) is 5.73 Å². The number of amides is 1. The van der Waals surface area contributed by atoms with Crippen LogP contribution in [0.2, 0.25) is 0 Å². The van der Waals surface area contributed by atoms with E-state index in [-0.39, 0.29) is 11.9 Å². The van der Waals surface area contributed by atoms with Crippen molar-refractivity contribution in [3.05, 3.63) is 0 Å². The Bertz CT molecular complexity index is 200. The lowest BCUT2D eigenvalue weighted by atomic mass is 10.2. The molecule has 5 heteroatoms. The molecule has 1 aliphatic heterocycles. The second kappa shape index (κ2) is 6.05. The second-order valence-electron chi connectivity index (χ2n) is 4.34. The smallest absolute Gasteiger partial charge is 0.234 e. The molecule has 1 amide bonds. The molecule has 0 bridgehead atoms. The molecule has 3 N–H and O–H groups in total. The van der Waals surface area contributed by atoms with Crippen LogP contribution in [0.3, 0.4) is 0 Å². The van der Waals surface area contributed by atoms with E-state index in [0.29, 0.717) is 6.42 Å². The Kier molecular flexibility index (Phi) is 5.01. The molecule has 1 atom stereocenters. The summed E-state index contributed by atoms with van der Waals surface area (Å²) in [4.78, 5) is 13.7. The van der Waals surface area contributed by atoms with Gasteiger partial charge in [0.05, 0.1) is 0 Å². The van der Waals surface area contributed by atoms with Crippen LogP contribution < -0.4 is 11.2 Å². The molecule has 0 aromatic carbocycles. The second-order valence-corrected chi connectivity index (χ2v) is 4.34. The van der Waals surface area contributed by atoms with Crippen molar-refractivity contribution in [3.8, 4) is 0 Å². The van der Waals surface area contributed by atoms with Gasteiger partial charge in [-0.05, 0) is 20.4 Å². The van der Waals surface area contributed by atoms with Crippen molar-refractivity contribution >= 4 is 5.91 Å². The summed E-state index contributed by atoms with van der Waals surface area (Å²) in [5.41, 5.74) is 8.50. The third-order valence-corrected chi connectivity index (χ3v) is 2.61. The number of likely N-dealkylation sites (N-methyl/N-ethyl adjacent to an activating group) is 1. The maximum atomic E-state index is 11.5. The number of hydrogen-bond donors (Lipinski definition) is 2. The molecule has 1 rings (SSSR count). The van der Waals surface area contributed by atoms with Crippen LogP contribution in [0, 0.1) is 0 Å². The van der Waals surface area contributed by atoms with E-state index in [1.165, 1.54) is 0 Å². The van der Waals surface area contributed by atoms with Gasteiger partial charge in [-0.1, -0.05) is 0 Å². The van der Waals surface area contributed by atoms with Crippen molar-refractivity contribution in [2.45, 2.75) is 25.8 Å². The normalized spacial score (nSPS) is 21.3. The number of carbonyl (C=O) groups is 1. The van der Waals surface area contributed by atoms with Gasteiger partial charge in [-0.25, -0.2) is 5.01 Å². The van der Waals surface area contributed by atoms with E-state index in [1.54, 1.807) is 0 Å². The first kappa shape index (κ1) is 12.4. The van der Waals surface area contributed by atoms with Crippen LogP contribution in [0.5, 0.6) is 0 Å². The van der Waals surface area contributed by atoms with Crippen LogP contribution in [-0.4, -0.2) is 55.1 Å². The number of hydrazine groups is 1. The number of hydrogen-bond acceptors (Lipinski definition) is 4. The van der Waals surface area contributed by atoms with Gasteiger partial charge >= 0.3 is 0 Å². The fraction of sp³-hybridized carbons (Fsp3) is 0.900. The molecule has 1 unspecified atom stereocenters. The highest BCUT2D eigenvalue weighted by Gasteiger charge is 2.15. The molecule has 5 nitrogen and oxygen atoms in total. The molecular formula is C10H22N4O.